The van der Waals surface area contributed by atoms with E-state index in [2.05, 4.69) is 101 Å². The molecule has 0 bridgehead atoms. The zero-order valence-electron chi connectivity index (χ0n) is 19.7. The molecule has 172 valence electrons. The molecule has 1 aliphatic rings. The number of hydrogen-bond donors (Lipinski definition) is 0. The number of fused-ring (bicyclic) bond motifs is 2. The van der Waals surface area contributed by atoms with Crippen molar-refractivity contribution in [1.29, 1.82) is 0 Å². The van der Waals surface area contributed by atoms with Crippen molar-refractivity contribution in [2.24, 2.45) is 7.05 Å². The number of hydrogen-bond acceptors (Lipinski definition) is 2. The van der Waals surface area contributed by atoms with E-state index in [1.807, 2.05) is 12.1 Å². The molecule has 5 nitrogen and oxygen atoms in total. The molecule has 1 aliphatic heterocycles. The fourth-order valence-corrected chi connectivity index (χ4v) is 4.99. The molecular weight excluding hydrogens is 446 g/mol. The molecular formula is C31H23N3O2+2. The molecule has 5 heteroatoms. The number of aryl methyl sites for hydroxylation is 1. The van der Waals surface area contributed by atoms with Gasteiger partial charge in [0.1, 0.15) is 18.0 Å². The number of benzene rings is 4. The molecule has 0 saturated heterocycles. The second-order valence-electron chi connectivity index (χ2n) is 8.80. The largest absolute Gasteiger partial charge is 0.458 e. The van der Waals surface area contributed by atoms with Crippen LogP contribution >= 0.6 is 0 Å². The molecule has 0 saturated carbocycles. The van der Waals surface area contributed by atoms with Crippen LogP contribution in [0.5, 0.6) is 0 Å². The first-order valence-corrected chi connectivity index (χ1v) is 11.8. The van der Waals surface area contributed by atoms with Gasteiger partial charge in [0.15, 0.2) is 6.20 Å². The molecule has 6 rings (SSSR count). The number of para-hydroxylation sites is 1. The van der Waals surface area contributed by atoms with E-state index in [1.165, 1.54) is 0 Å². The number of rotatable bonds is 4. The summed E-state index contributed by atoms with van der Waals surface area (Å²) in [4.78, 5) is 10.8. The number of allylic oxidation sites excluding steroid dienone is 2. The van der Waals surface area contributed by atoms with Crippen molar-refractivity contribution < 1.29 is 14.1 Å². The summed E-state index contributed by atoms with van der Waals surface area (Å²) in [5, 5.41) is 12.3. The molecule has 5 aromatic rings. The summed E-state index contributed by atoms with van der Waals surface area (Å²) in [6.07, 6.45) is 4.33. The van der Waals surface area contributed by atoms with E-state index in [9.17, 15) is 10.1 Å². The van der Waals surface area contributed by atoms with Crippen molar-refractivity contribution in [2.45, 2.75) is 0 Å². The monoisotopic (exact) mass is 469 g/mol. The Morgan fingerprint density at radius 2 is 1.36 bits per heavy atom. The molecule has 0 spiro atoms. The highest BCUT2D eigenvalue weighted by molar-refractivity contribution is 6.18. The van der Waals surface area contributed by atoms with Gasteiger partial charge in [-0.1, -0.05) is 60.7 Å². The van der Waals surface area contributed by atoms with Gasteiger partial charge in [0.25, 0.3) is 5.69 Å². The van der Waals surface area contributed by atoms with Crippen molar-refractivity contribution in [1.82, 2.24) is 0 Å². The van der Waals surface area contributed by atoms with Crippen LogP contribution in [0, 0.1) is 10.1 Å². The van der Waals surface area contributed by atoms with Crippen molar-refractivity contribution in [3.63, 3.8) is 0 Å². The third-order valence-electron chi connectivity index (χ3n) is 6.62. The van der Waals surface area contributed by atoms with E-state index in [1.54, 1.807) is 24.3 Å². The van der Waals surface area contributed by atoms with Gasteiger partial charge in [-0.15, -0.1) is 9.13 Å². The first kappa shape index (κ1) is 21.6. The Labute approximate surface area is 208 Å². The molecule has 0 N–H and O–H groups in total. The van der Waals surface area contributed by atoms with Crippen molar-refractivity contribution in [3.05, 3.63) is 148 Å². The van der Waals surface area contributed by atoms with Crippen molar-refractivity contribution in [3.8, 4) is 0 Å². The standard InChI is InChI=1S/C31H23N3O2/c1-32-28-15-9-8-14-25(28)21-33-30(24-12-6-3-7-13-24)29(23-10-4-2-5-11-23)27(31(32)33)20-22-16-18-26(19-17-22)34(35)36/h2-21H,1H3/q+2/b27-20+. The molecule has 0 unspecified atom stereocenters. The molecule has 36 heavy (non-hydrogen) atoms. The van der Waals surface area contributed by atoms with Gasteiger partial charge in [-0.3, -0.25) is 10.1 Å². The number of aromatic nitrogens is 2. The van der Waals surface area contributed by atoms with Gasteiger partial charge >= 0.3 is 5.82 Å². The SMILES string of the molecule is C[n+]1c2[n+](cc3ccccc31)C(c1ccccc1)=C(c1ccccc1)/C2=C\c1ccc([N+](=O)[O-])cc1. The highest BCUT2D eigenvalue weighted by Crippen LogP contribution is 2.40. The van der Waals surface area contributed by atoms with Gasteiger partial charge in [-0.05, 0) is 47.5 Å². The molecule has 0 radical (unpaired) electrons. The highest BCUT2D eigenvalue weighted by atomic mass is 16.6. The predicted molar refractivity (Wildman–Crippen MR) is 141 cm³/mol. The summed E-state index contributed by atoms with van der Waals surface area (Å²) in [5.41, 5.74) is 7.61. The molecule has 0 aliphatic carbocycles. The molecule has 2 heterocycles. The second kappa shape index (κ2) is 8.71. The van der Waals surface area contributed by atoms with Gasteiger partial charge < -0.3 is 0 Å². The molecule has 1 aromatic heterocycles. The maximum Gasteiger partial charge on any atom is 0.458 e. The number of nitro groups is 1. The van der Waals surface area contributed by atoms with E-state index >= 15 is 0 Å². The van der Waals surface area contributed by atoms with E-state index in [4.69, 9.17) is 0 Å². The second-order valence-corrected chi connectivity index (χ2v) is 8.80. The van der Waals surface area contributed by atoms with E-state index in [0.717, 1.165) is 50.3 Å². The lowest BCUT2D eigenvalue weighted by atomic mass is 9.94. The summed E-state index contributed by atoms with van der Waals surface area (Å²) in [7, 11) is 2.09. The number of nitro benzene ring substituents is 1. The summed E-state index contributed by atoms with van der Waals surface area (Å²) in [5.74, 6) is 1.05. The van der Waals surface area contributed by atoms with Crippen LogP contribution in [0.3, 0.4) is 0 Å². The number of nitrogens with zero attached hydrogens (tertiary/aromatic N) is 3. The Bertz CT molecular complexity index is 1690. The minimum absolute atomic E-state index is 0.0821. The van der Waals surface area contributed by atoms with E-state index in [0.29, 0.717) is 0 Å². The topological polar surface area (TPSA) is 50.9 Å². The summed E-state index contributed by atoms with van der Waals surface area (Å²) < 4.78 is 4.50. The van der Waals surface area contributed by atoms with Crippen molar-refractivity contribution >= 4 is 39.5 Å². The van der Waals surface area contributed by atoms with E-state index < -0.39 is 0 Å². The summed E-state index contributed by atoms with van der Waals surface area (Å²) in [6, 6.07) is 35.9. The molecule has 0 amide bonds. The van der Waals surface area contributed by atoms with Crippen LogP contribution in [-0.4, -0.2) is 4.92 Å². The summed E-state index contributed by atoms with van der Waals surface area (Å²) >= 11 is 0. The minimum atomic E-state index is -0.368. The highest BCUT2D eigenvalue weighted by Gasteiger charge is 2.44. The fraction of sp³-hybridized carbons (Fsp3) is 0.0323. The van der Waals surface area contributed by atoms with Crippen molar-refractivity contribution in [2.75, 3.05) is 0 Å². The van der Waals surface area contributed by atoms with Gasteiger partial charge in [-0.2, -0.15) is 0 Å². The lowest BCUT2D eigenvalue weighted by Gasteiger charge is -2.04. The number of non-ortho nitro benzene ring substituents is 1. The Morgan fingerprint density at radius 1 is 0.750 bits per heavy atom. The van der Waals surface area contributed by atoms with Gasteiger partial charge in [0.05, 0.1) is 10.5 Å². The Kier molecular flexibility index (Phi) is 5.23. The Balaban J connectivity index is 1.71. The smallest absolute Gasteiger partial charge is 0.258 e. The first-order valence-electron chi connectivity index (χ1n) is 11.8. The normalized spacial score (nSPS) is 13.9. The average Bonchev–Trinajstić information content (AvgIpc) is 3.24. The average molecular weight is 470 g/mol. The van der Waals surface area contributed by atoms with E-state index in [-0.39, 0.29) is 10.6 Å². The van der Waals surface area contributed by atoms with Crippen LogP contribution < -0.4 is 9.13 Å². The van der Waals surface area contributed by atoms with Crippen LogP contribution in [-0.2, 0) is 7.05 Å². The lowest BCUT2D eigenvalue weighted by Crippen LogP contribution is -2.48. The van der Waals surface area contributed by atoms with Crippen LogP contribution in [0.2, 0.25) is 0 Å². The third-order valence-corrected chi connectivity index (χ3v) is 6.62. The maximum atomic E-state index is 11.2. The van der Waals surface area contributed by atoms with Gasteiger partial charge in [0, 0.05) is 23.8 Å². The third kappa shape index (κ3) is 3.58. The van der Waals surface area contributed by atoms with Gasteiger partial charge in [-0.25, -0.2) is 0 Å². The van der Waals surface area contributed by atoms with Crippen LogP contribution in [0.4, 0.5) is 5.69 Å². The van der Waals surface area contributed by atoms with Crippen LogP contribution in [0.1, 0.15) is 22.5 Å². The fourth-order valence-electron chi connectivity index (χ4n) is 4.99. The maximum absolute atomic E-state index is 11.2. The zero-order chi connectivity index (χ0) is 24.6. The Hall–Kier alpha value is -4.90. The van der Waals surface area contributed by atoms with Crippen LogP contribution in [0.15, 0.2) is 115 Å². The molecule has 0 fully saturated rings. The first-order chi connectivity index (χ1) is 17.6. The van der Waals surface area contributed by atoms with Crippen LogP contribution in [0.25, 0.3) is 33.8 Å². The molecule has 0 atom stereocenters. The lowest BCUT2D eigenvalue weighted by molar-refractivity contribution is -0.753. The molecule has 4 aromatic carbocycles. The quantitative estimate of drug-likeness (QED) is 0.189. The zero-order valence-corrected chi connectivity index (χ0v) is 19.7. The predicted octanol–water partition coefficient (Wildman–Crippen LogP) is 5.83. The minimum Gasteiger partial charge on any atom is -0.258 e. The summed E-state index contributed by atoms with van der Waals surface area (Å²) in [6.45, 7) is 0. The Morgan fingerprint density at radius 3 is 2.03 bits per heavy atom. The van der Waals surface area contributed by atoms with Gasteiger partial charge in [0.2, 0.25) is 11.2 Å².